The summed E-state index contributed by atoms with van der Waals surface area (Å²) in [5, 5.41) is 0. The van der Waals surface area contributed by atoms with Crippen LogP contribution in [-0.2, 0) is 6.61 Å². The van der Waals surface area contributed by atoms with Crippen LogP contribution in [0.5, 0.6) is 5.88 Å². The molecule has 0 spiro atoms. The van der Waals surface area contributed by atoms with E-state index < -0.39 is 0 Å². The smallest absolute Gasteiger partial charge is 0.254 e. The fraction of sp³-hybridized carbons (Fsp3) is 0.0909. The number of nitrogens with two attached hydrogens (primary N) is 1. The van der Waals surface area contributed by atoms with E-state index >= 15 is 0 Å². The Morgan fingerprint density at radius 1 is 1.32 bits per heavy atom. The number of pyridine rings is 1. The molecule has 3 aromatic rings. The van der Waals surface area contributed by atoms with Gasteiger partial charge < -0.3 is 20.4 Å². The normalized spacial score (nSPS) is 10.7. The largest absolute Gasteiger partial charge is 0.471 e. The lowest BCUT2D eigenvalue weighted by atomic mass is 10.3. The number of H-pyrrole nitrogens is 2. The summed E-state index contributed by atoms with van der Waals surface area (Å²) < 4.78 is 5.50. The zero-order chi connectivity index (χ0) is 13.2. The summed E-state index contributed by atoms with van der Waals surface area (Å²) in [6.45, 7) is 0.0841. The third kappa shape index (κ3) is 2.10. The number of ether oxygens (including phenoxy) is 1. The molecule has 0 amide bonds. The molecule has 0 aliphatic carbocycles. The van der Waals surface area contributed by atoms with Gasteiger partial charge in [-0.15, -0.1) is 0 Å². The van der Waals surface area contributed by atoms with Gasteiger partial charge in [0.2, 0.25) is 11.8 Å². The van der Waals surface area contributed by atoms with Gasteiger partial charge in [0, 0.05) is 6.20 Å². The molecule has 96 valence electrons. The average Bonchev–Trinajstić information content (AvgIpc) is 2.85. The van der Waals surface area contributed by atoms with Crippen molar-refractivity contribution in [2.24, 2.45) is 0 Å². The molecule has 3 rings (SSSR count). The average molecular weight is 258 g/mol. The molecule has 19 heavy (non-hydrogen) atoms. The zero-order valence-electron chi connectivity index (χ0n) is 9.75. The fourth-order valence-corrected chi connectivity index (χ4v) is 1.64. The highest BCUT2D eigenvalue weighted by Gasteiger charge is 2.10. The molecule has 0 aromatic carbocycles. The Morgan fingerprint density at radius 3 is 3.05 bits per heavy atom. The van der Waals surface area contributed by atoms with E-state index in [0.29, 0.717) is 16.7 Å². The second-order valence-electron chi connectivity index (χ2n) is 3.80. The molecule has 0 aliphatic rings. The predicted molar refractivity (Wildman–Crippen MR) is 67.5 cm³/mol. The number of nitrogen functional groups attached to an aromatic ring is 1. The summed E-state index contributed by atoms with van der Waals surface area (Å²) in [7, 11) is 0. The fourth-order valence-electron chi connectivity index (χ4n) is 1.64. The summed E-state index contributed by atoms with van der Waals surface area (Å²) in [5.41, 5.74) is 6.81. The van der Waals surface area contributed by atoms with Crippen molar-refractivity contribution in [2.45, 2.75) is 6.61 Å². The lowest BCUT2D eigenvalue weighted by Crippen LogP contribution is -2.14. The van der Waals surface area contributed by atoms with Crippen LogP contribution in [0.4, 0.5) is 5.95 Å². The molecule has 8 nitrogen and oxygen atoms in total. The van der Waals surface area contributed by atoms with Gasteiger partial charge in [0.25, 0.3) is 5.56 Å². The Balaban J connectivity index is 1.92. The quantitative estimate of drug-likeness (QED) is 0.616. The van der Waals surface area contributed by atoms with Crippen LogP contribution in [0.2, 0.25) is 0 Å². The molecule has 0 aliphatic heterocycles. The molecular weight excluding hydrogens is 248 g/mol. The molecule has 0 bridgehead atoms. The summed E-state index contributed by atoms with van der Waals surface area (Å²) >= 11 is 0. The molecule has 4 N–H and O–H groups in total. The highest BCUT2D eigenvalue weighted by molar-refractivity contribution is 5.76. The van der Waals surface area contributed by atoms with Crippen molar-refractivity contribution in [1.29, 1.82) is 0 Å². The number of anilines is 1. The second kappa shape index (κ2) is 4.41. The summed E-state index contributed by atoms with van der Waals surface area (Å²) in [6, 6.07) is 3.40. The van der Waals surface area contributed by atoms with Crippen LogP contribution in [0.25, 0.3) is 11.2 Å². The van der Waals surface area contributed by atoms with Crippen molar-refractivity contribution >= 4 is 17.1 Å². The van der Waals surface area contributed by atoms with Crippen LogP contribution in [0.15, 0.2) is 29.5 Å². The van der Waals surface area contributed by atoms with Crippen molar-refractivity contribution in [1.82, 2.24) is 24.9 Å². The van der Waals surface area contributed by atoms with Crippen molar-refractivity contribution in [2.75, 3.05) is 5.73 Å². The first-order valence-corrected chi connectivity index (χ1v) is 5.50. The van der Waals surface area contributed by atoms with E-state index in [-0.39, 0.29) is 24.0 Å². The maximum Gasteiger partial charge on any atom is 0.254 e. The third-order valence-corrected chi connectivity index (χ3v) is 2.53. The number of aromatic amines is 2. The Bertz CT molecular complexity index is 778. The van der Waals surface area contributed by atoms with Crippen LogP contribution >= 0.6 is 0 Å². The lowest BCUT2D eigenvalue weighted by molar-refractivity contribution is 0.296. The lowest BCUT2D eigenvalue weighted by Gasteiger charge is -2.05. The van der Waals surface area contributed by atoms with Crippen molar-refractivity contribution in [3.8, 4) is 5.88 Å². The first-order chi connectivity index (χ1) is 9.24. The first kappa shape index (κ1) is 11.2. The minimum Gasteiger partial charge on any atom is -0.471 e. The monoisotopic (exact) mass is 258 g/mol. The molecule has 0 saturated carbocycles. The van der Waals surface area contributed by atoms with Crippen molar-refractivity contribution < 1.29 is 4.74 Å². The number of hydrogen-bond donors (Lipinski definition) is 3. The molecule has 3 heterocycles. The van der Waals surface area contributed by atoms with Crippen LogP contribution in [0.3, 0.4) is 0 Å². The maximum absolute atomic E-state index is 11.5. The van der Waals surface area contributed by atoms with Gasteiger partial charge in [-0.1, -0.05) is 0 Å². The molecule has 8 heteroatoms. The number of imidazole rings is 1. The Kier molecular flexibility index (Phi) is 2.60. The highest BCUT2D eigenvalue weighted by Crippen LogP contribution is 2.20. The summed E-state index contributed by atoms with van der Waals surface area (Å²) in [4.78, 5) is 28.8. The van der Waals surface area contributed by atoms with Crippen LogP contribution in [0.1, 0.15) is 5.56 Å². The number of nitrogens with zero attached hydrogens (tertiary/aromatic N) is 3. The molecule has 0 saturated heterocycles. The van der Waals surface area contributed by atoms with Crippen LogP contribution in [0, 0.1) is 0 Å². The van der Waals surface area contributed by atoms with Crippen LogP contribution < -0.4 is 16.0 Å². The molecule has 0 fully saturated rings. The minimum absolute atomic E-state index is 0.0663. The molecule has 0 atom stereocenters. The van der Waals surface area contributed by atoms with Gasteiger partial charge in [-0.05, 0) is 12.1 Å². The number of fused-ring (bicyclic) bond motifs is 1. The molecular formula is C11H10N6O2. The van der Waals surface area contributed by atoms with Crippen LogP contribution in [-0.4, -0.2) is 24.9 Å². The summed E-state index contributed by atoms with van der Waals surface area (Å²) in [5.74, 6) is 0.333. The van der Waals surface area contributed by atoms with E-state index in [1.54, 1.807) is 18.3 Å². The first-order valence-electron chi connectivity index (χ1n) is 5.50. The van der Waals surface area contributed by atoms with Gasteiger partial charge in [-0.3, -0.25) is 4.79 Å². The van der Waals surface area contributed by atoms with E-state index in [2.05, 4.69) is 24.9 Å². The Morgan fingerprint density at radius 2 is 2.21 bits per heavy atom. The van der Waals surface area contributed by atoms with E-state index in [1.807, 2.05) is 0 Å². The van der Waals surface area contributed by atoms with E-state index in [4.69, 9.17) is 10.5 Å². The number of aromatic nitrogens is 5. The molecule has 3 aromatic heterocycles. The summed E-state index contributed by atoms with van der Waals surface area (Å²) in [6.07, 6.45) is 3.03. The van der Waals surface area contributed by atoms with Gasteiger partial charge >= 0.3 is 0 Å². The van der Waals surface area contributed by atoms with Crippen molar-refractivity contribution in [3.05, 3.63) is 40.6 Å². The molecule has 0 radical (unpaired) electrons. The number of nitrogens with one attached hydrogen (secondary N) is 2. The van der Waals surface area contributed by atoms with E-state index in [9.17, 15) is 4.79 Å². The predicted octanol–water partition coefficient (Wildman–Crippen LogP) is 0.202. The van der Waals surface area contributed by atoms with Crippen molar-refractivity contribution in [3.63, 3.8) is 0 Å². The Hall–Kier alpha value is -2.90. The van der Waals surface area contributed by atoms with Gasteiger partial charge in [0.15, 0.2) is 5.65 Å². The third-order valence-electron chi connectivity index (χ3n) is 2.53. The topological polar surface area (TPSA) is 123 Å². The minimum atomic E-state index is -0.203. The zero-order valence-corrected chi connectivity index (χ0v) is 9.75. The van der Waals surface area contributed by atoms with E-state index in [1.165, 1.54) is 6.33 Å². The second-order valence-corrected chi connectivity index (χ2v) is 3.80. The standard InChI is InChI=1S/C11H10N6O2/c12-11-16-8-7(14-5-15-8)10(17-11)19-4-6-2-1-3-13-9(6)18/h1-3,5H,4H2,(H,13,18)(H3,12,14,15,16,17). The van der Waals surface area contributed by atoms with Gasteiger partial charge in [-0.2, -0.15) is 9.97 Å². The van der Waals surface area contributed by atoms with Gasteiger partial charge in [0.1, 0.15) is 12.1 Å². The van der Waals surface area contributed by atoms with Gasteiger partial charge in [-0.25, -0.2) is 4.98 Å². The number of rotatable bonds is 3. The molecule has 0 unspecified atom stereocenters. The van der Waals surface area contributed by atoms with E-state index in [0.717, 1.165) is 0 Å². The van der Waals surface area contributed by atoms with Gasteiger partial charge in [0.05, 0.1) is 11.9 Å². The SMILES string of the molecule is Nc1nc(OCc2ccc[nH]c2=O)c2[nH]cnc2n1. The maximum atomic E-state index is 11.5. The highest BCUT2D eigenvalue weighted by atomic mass is 16.5. The Labute approximate surface area is 106 Å². The number of hydrogen-bond acceptors (Lipinski definition) is 6.